The highest BCUT2D eigenvalue weighted by molar-refractivity contribution is 5.84. The molecule has 0 radical (unpaired) electrons. The van der Waals surface area contributed by atoms with Crippen molar-refractivity contribution in [2.24, 2.45) is 4.99 Å². The number of nitrogens with zero attached hydrogens (tertiary/aromatic N) is 2. The Bertz CT molecular complexity index is 830. The highest BCUT2D eigenvalue weighted by Gasteiger charge is 2.25. The van der Waals surface area contributed by atoms with Crippen LogP contribution < -0.4 is 14.7 Å². The minimum Gasteiger partial charge on any atom is -0.872 e. The molecule has 0 saturated carbocycles. The van der Waals surface area contributed by atoms with E-state index in [-0.39, 0.29) is 23.0 Å². The van der Waals surface area contributed by atoms with E-state index in [9.17, 15) is 15.2 Å². The molecule has 2 aromatic carbocycles. The second-order valence-corrected chi connectivity index (χ2v) is 7.02. The van der Waals surface area contributed by atoms with Gasteiger partial charge in [-0.2, -0.15) is 0 Å². The third-order valence-corrected chi connectivity index (χ3v) is 5.23. The number of hydrogen-bond acceptors (Lipinski definition) is 5. The van der Waals surface area contributed by atoms with Gasteiger partial charge in [0.05, 0.1) is 31.7 Å². The maximum atomic E-state index is 12.0. The summed E-state index contributed by atoms with van der Waals surface area (Å²) in [5.74, 6) is 0.549. The molecule has 1 aliphatic rings. The Hall–Kier alpha value is -2.93. The Labute approximate surface area is 164 Å². The maximum absolute atomic E-state index is 12.0. The fraction of sp³-hybridized carbons (Fsp3) is 0.381. The van der Waals surface area contributed by atoms with Gasteiger partial charge in [0, 0.05) is 23.9 Å². The summed E-state index contributed by atoms with van der Waals surface area (Å²) in [6, 6.07) is 11.9. The van der Waals surface area contributed by atoms with Crippen LogP contribution in [0, 0.1) is 10.1 Å². The maximum Gasteiger partial charge on any atom is 0.270 e. The van der Waals surface area contributed by atoms with Crippen LogP contribution in [-0.4, -0.2) is 37.9 Å². The van der Waals surface area contributed by atoms with Crippen LogP contribution >= 0.6 is 0 Å². The number of methoxy groups -OCH3 is 1. The standard InChI is InChI=1S/C21H25N3O4/c1-28-19-8-5-16(6-9-19)20(23-11-3-2-4-12-23)15-22-14-17-13-18(24(26)27)7-10-21(17)25/h5-10,13-14,20,25H,2-4,11-12,15H2,1H3/t20-/m1/s1. The second-order valence-electron chi connectivity index (χ2n) is 7.02. The number of likely N-dealkylation sites (tertiary alicyclic amines) is 1. The van der Waals surface area contributed by atoms with E-state index in [1.54, 1.807) is 7.11 Å². The lowest BCUT2D eigenvalue weighted by atomic mass is 10.0. The van der Waals surface area contributed by atoms with Crippen molar-refractivity contribution in [3.05, 3.63) is 63.7 Å². The highest BCUT2D eigenvalue weighted by atomic mass is 16.6. The summed E-state index contributed by atoms with van der Waals surface area (Å²) in [4.78, 5) is 16.4. The van der Waals surface area contributed by atoms with Gasteiger partial charge >= 0.3 is 0 Å². The Morgan fingerprint density at radius 1 is 1.18 bits per heavy atom. The molecule has 0 amide bonds. The van der Waals surface area contributed by atoms with Gasteiger partial charge in [-0.05, 0) is 49.1 Å². The van der Waals surface area contributed by atoms with Gasteiger partial charge < -0.3 is 14.7 Å². The molecule has 1 aliphatic heterocycles. The van der Waals surface area contributed by atoms with Gasteiger partial charge in [0.1, 0.15) is 11.8 Å². The smallest absolute Gasteiger partial charge is 0.270 e. The number of hydrogen-bond donors (Lipinski definition) is 1. The van der Waals surface area contributed by atoms with Crippen molar-refractivity contribution in [3.8, 4) is 11.5 Å². The largest absolute Gasteiger partial charge is 0.872 e. The number of nitrogens with one attached hydrogen (secondary N) is 1. The lowest BCUT2D eigenvalue weighted by Crippen LogP contribution is -3.13. The summed E-state index contributed by atoms with van der Waals surface area (Å²) in [5, 5.41) is 22.9. The number of nitro groups is 1. The average Bonchev–Trinajstić information content (AvgIpc) is 2.73. The van der Waals surface area contributed by atoms with Crippen molar-refractivity contribution < 1.29 is 19.7 Å². The molecule has 1 atom stereocenters. The van der Waals surface area contributed by atoms with E-state index in [0.717, 1.165) is 18.8 Å². The van der Waals surface area contributed by atoms with E-state index in [0.29, 0.717) is 6.54 Å². The van der Waals surface area contributed by atoms with Crippen LogP contribution in [0.2, 0.25) is 0 Å². The van der Waals surface area contributed by atoms with Crippen molar-refractivity contribution >= 4 is 11.9 Å². The van der Waals surface area contributed by atoms with Crippen molar-refractivity contribution in [3.63, 3.8) is 0 Å². The summed E-state index contributed by atoms with van der Waals surface area (Å²) in [6.45, 7) is 2.70. The van der Waals surface area contributed by atoms with Crippen molar-refractivity contribution in [1.29, 1.82) is 0 Å². The molecule has 1 N–H and O–H groups in total. The molecule has 1 fully saturated rings. The summed E-state index contributed by atoms with van der Waals surface area (Å²) in [6.07, 6.45) is 5.12. The minimum absolute atomic E-state index is 0.102. The summed E-state index contributed by atoms with van der Waals surface area (Å²) < 4.78 is 5.25. The van der Waals surface area contributed by atoms with Crippen molar-refractivity contribution in [2.45, 2.75) is 25.3 Å². The molecule has 148 valence electrons. The topological polar surface area (TPSA) is 92.2 Å². The number of non-ortho nitro benzene ring substituents is 1. The predicted molar refractivity (Wildman–Crippen MR) is 105 cm³/mol. The van der Waals surface area contributed by atoms with Crippen LogP contribution in [0.3, 0.4) is 0 Å². The zero-order valence-electron chi connectivity index (χ0n) is 16.0. The Kier molecular flexibility index (Phi) is 6.60. The van der Waals surface area contributed by atoms with Gasteiger partial charge in [0.2, 0.25) is 0 Å². The van der Waals surface area contributed by atoms with Crippen LogP contribution in [0.25, 0.3) is 0 Å². The lowest BCUT2D eigenvalue weighted by molar-refractivity contribution is -0.934. The number of rotatable bonds is 7. The molecular weight excluding hydrogens is 358 g/mol. The third kappa shape index (κ3) is 4.86. The summed E-state index contributed by atoms with van der Waals surface area (Å²) in [7, 11) is 1.65. The van der Waals surface area contributed by atoms with Gasteiger partial charge in [-0.1, -0.05) is 11.8 Å². The molecule has 0 aromatic heterocycles. The number of aliphatic imine (C=N–C) groups is 1. The molecule has 0 aliphatic carbocycles. The van der Waals surface area contributed by atoms with E-state index in [2.05, 4.69) is 17.1 Å². The molecule has 0 spiro atoms. The fourth-order valence-electron chi connectivity index (χ4n) is 3.67. The van der Waals surface area contributed by atoms with Crippen LogP contribution in [0.5, 0.6) is 11.5 Å². The monoisotopic (exact) mass is 383 g/mol. The van der Waals surface area contributed by atoms with Crippen LogP contribution in [0.1, 0.15) is 36.4 Å². The van der Waals surface area contributed by atoms with Gasteiger partial charge in [-0.15, -0.1) is 0 Å². The van der Waals surface area contributed by atoms with E-state index in [4.69, 9.17) is 4.74 Å². The van der Waals surface area contributed by atoms with E-state index in [1.807, 2.05) is 12.1 Å². The lowest BCUT2D eigenvalue weighted by Gasteiger charge is -2.31. The Morgan fingerprint density at radius 3 is 2.54 bits per heavy atom. The minimum atomic E-state index is -0.505. The molecular formula is C21H25N3O4. The number of benzene rings is 2. The zero-order chi connectivity index (χ0) is 19.9. The van der Waals surface area contributed by atoms with Crippen molar-refractivity contribution in [1.82, 2.24) is 0 Å². The van der Waals surface area contributed by atoms with E-state index < -0.39 is 4.92 Å². The number of piperidine rings is 1. The first-order valence-corrected chi connectivity index (χ1v) is 9.52. The van der Waals surface area contributed by atoms with Crippen LogP contribution in [0.4, 0.5) is 5.69 Å². The van der Waals surface area contributed by atoms with Crippen LogP contribution in [-0.2, 0) is 0 Å². The first-order valence-electron chi connectivity index (χ1n) is 9.52. The molecule has 3 rings (SSSR count). The molecule has 28 heavy (non-hydrogen) atoms. The van der Waals surface area contributed by atoms with Gasteiger partial charge in [0.15, 0.2) is 0 Å². The first kappa shape index (κ1) is 19.8. The molecule has 0 bridgehead atoms. The molecule has 0 unspecified atom stereocenters. The molecule has 7 nitrogen and oxygen atoms in total. The van der Waals surface area contributed by atoms with Gasteiger partial charge in [-0.25, -0.2) is 0 Å². The summed E-state index contributed by atoms with van der Waals surface area (Å²) in [5.41, 5.74) is 1.32. The first-order chi connectivity index (χ1) is 13.6. The van der Waals surface area contributed by atoms with E-state index in [1.165, 1.54) is 54.1 Å². The molecule has 1 heterocycles. The van der Waals surface area contributed by atoms with Crippen LogP contribution in [0.15, 0.2) is 47.5 Å². The number of quaternary nitrogens is 1. The van der Waals surface area contributed by atoms with Gasteiger partial charge in [-0.3, -0.25) is 15.1 Å². The van der Waals surface area contributed by atoms with E-state index >= 15 is 0 Å². The number of ether oxygens (including phenoxy) is 1. The Morgan fingerprint density at radius 2 is 1.89 bits per heavy atom. The Balaban J connectivity index is 1.80. The van der Waals surface area contributed by atoms with Crippen molar-refractivity contribution in [2.75, 3.05) is 26.7 Å². The SMILES string of the molecule is COc1ccc([C@@H](CN=Cc2cc([N+](=O)[O-])ccc2[O-])[NH+]2CCCCC2)cc1. The average molecular weight is 383 g/mol. The fourth-order valence-corrected chi connectivity index (χ4v) is 3.67. The highest BCUT2D eigenvalue weighted by Crippen LogP contribution is 2.20. The zero-order valence-corrected chi connectivity index (χ0v) is 16.0. The normalized spacial score (nSPS) is 16.2. The molecule has 1 saturated heterocycles. The van der Waals surface area contributed by atoms with Gasteiger partial charge in [0.25, 0.3) is 5.69 Å². The second kappa shape index (κ2) is 9.32. The molecule has 7 heteroatoms. The quantitative estimate of drug-likeness (QED) is 0.449. The molecule has 2 aromatic rings. The predicted octanol–water partition coefficient (Wildman–Crippen LogP) is 1.91. The number of nitro benzene ring substituents is 1. The summed E-state index contributed by atoms with van der Waals surface area (Å²) >= 11 is 0. The third-order valence-electron chi connectivity index (χ3n) is 5.23.